The van der Waals surface area contributed by atoms with Gasteiger partial charge in [-0.25, -0.2) is 4.79 Å². The molecule has 0 unspecified atom stereocenters. The van der Waals surface area contributed by atoms with Crippen LogP contribution >= 0.6 is 0 Å². The molecule has 2 aromatic heterocycles. The lowest BCUT2D eigenvalue weighted by Crippen LogP contribution is -2.43. The van der Waals surface area contributed by atoms with Crippen LogP contribution in [0, 0.1) is 0 Å². The van der Waals surface area contributed by atoms with Crippen LogP contribution in [-0.4, -0.2) is 28.1 Å². The lowest BCUT2D eigenvalue weighted by molar-refractivity contribution is -0.148. The molecule has 8 nitrogen and oxygen atoms in total. The molecular weight excluding hydrogens is 398 g/mol. The van der Waals surface area contributed by atoms with Gasteiger partial charge in [0.25, 0.3) is 17.7 Å². The maximum Gasteiger partial charge on any atom is 0.329 e. The summed E-state index contributed by atoms with van der Waals surface area (Å²) < 4.78 is 16.0. The Morgan fingerprint density at radius 1 is 0.935 bits per heavy atom. The van der Waals surface area contributed by atoms with Gasteiger partial charge >= 0.3 is 5.97 Å². The second-order valence-electron chi connectivity index (χ2n) is 6.67. The van der Waals surface area contributed by atoms with Gasteiger partial charge in [0.15, 0.2) is 12.4 Å². The van der Waals surface area contributed by atoms with Crippen molar-refractivity contribution in [1.29, 1.82) is 0 Å². The van der Waals surface area contributed by atoms with Gasteiger partial charge in [0, 0.05) is 12.0 Å². The van der Waals surface area contributed by atoms with E-state index in [0.29, 0.717) is 11.3 Å². The summed E-state index contributed by atoms with van der Waals surface area (Å²) in [4.78, 5) is 25.4. The van der Waals surface area contributed by atoms with E-state index in [0.717, 1.165) is 5.56 Å². The van der Waals surface area contributed by atoms with Gasteiger partial charge in [-0.1, -0.05) is 48.5 Å². The van der Waals surface area contributed by atoms with Gasteiger partial charge < -0.3 is 18.9 Å². The zero-order valence-electron chi connectivity index (χ0n) is 16.4. The third-order valence-corrected chi connectivity index (χ3v) is 4.45. The Morgan fingerprint density at radius 3 is 2.39 bits per heavy atom. The number of hydrogen-bond donors (Lipinski definition) is 1. The molecule has 1 amide bonds. The first-order valence-corrected chi connectivity index (χ1v) is 9.62. The van der Waals surface area contributed by atoms with Gasteiger partial charge in [0.05, 0.1) is 6.26 Å². The molecule has 1 atom stereocenters. The summed E-state index contributed by atoms with van der Waals surface area (Å²) in [6.45, 7) is -0.223. The van der Waals surface area contributed by atoms with Gasteiger partial charge in [-0.3, -0.25) is 4.79 Å². The van der Waals surface area contributed by atoms with E-state index in [1.807, 2.05) is 36.4 Å². The van der Waals surface area contributed by atoms with Crippen molar-refractivity contribution in [2.24, 2.45) is 0 Å². The Morgan fingerprint density at radius 2 is 1.68 bits per heavy atom. The third-order valence-electron chi connectivity index (χ3n) is 4.45. The van der Waals surface area contributed by atoms with Crippen molar-refractivity contribution < 1.29 is 23.2 Å². The first-order chi connectivity index (χ1) is 15.2. The molecule has 8 heteroatoms. The number of hydrogen-bond acceptors (Lipinski definition) is 7. The van der Waals surface area contributed by atoms with Crippen LogP contribution in [0.2, 0.25) is 0 Å². The molecule has 0 spiro atoms. The molecule has 0 fully saturated rings. The number of rotatable bonds is 8. The molecule has 0 bridgehead atoms. The van der Waals surface area contributed by atoms with Crippen molar-refractivity contribution in [3.05, 3.63) is 96.1 Å². The second kappa shape index (κ2) is 9.53. The van der Waals surface area contributed by atoms with Gasteiger partial charge in [0.1, 0.15) is 6.04 Å². The zero-order chi connectivity index (χ0) is 21.5. The smallest absolute Gasteiger partial charge is 0.329 e. The third kappa shape index (κ3) is 5.24. The van der Waals surface area contributed by atoms with Crippen LogP contribution in [0.1, 0.15) is 21.8 Å². The summed E-state index contributed by atoms with van der Waals surface area (Å²) in [5, 5.41) is 10.5. The molecule has 1 N–H and O–H groups in total. The zero-order valence-corrected chi connectivity index (χ0v) is 16.4. The average Bonchev–Trinajstić information content (AvgIpc) is 3.50. The predicted molar refractivity (Wildman–Crippen MR) is 110 cm³/mol. The molecule has 31 heavy (non-hydrogen) atoms. The van der Waals surface area contributed by atoms with E-state index in [1.54, 1.807) is 36.4 Å². The van der Waals surface area contributed by atoms with Gasteiger partial charge in [-0.2, -0.15) is 0 Å². The number of amides is 1. The van der Waals surface area contributed by atoms with E-state index in [2.05, 4.69) is 15.5 Å². The van der Waals surface area contributed by atoms with Gasteiger partial charge in [-0.15, -0.1) is 10.2 Å². The summed E-state index contributed by atoms with van der Waals surface area (Å²) in [6, 6.07) is 20.5. The lowest BCUT2D eigenvalue weighted by Gasteiger charge is -2.17. The summed E-state index contributed by atoms with van der Waals surface area (Å²) >= 11 is 0. The first kappa shape index (κ1) is 20.1. The van der Waals surface area contributed by atoms with E-state index in [9.17, 15) is 9.59 Å². The highest BCUT2D eigenvalue weighted by Gasteiger charge is 2.24. The van der Waals surface area contributed by atoms with E-state index in [-0.39, 0.29) is 30.7 Å². The number of nitrogens with zero attached hydrogens (tertiary/aromatic N) is 2. The fourth-order valence-electron chi connectivity index (χ4n) is 2.92. The maximum atomic E-state index is 12.8. The topological polar surface area (TPSA) is 107 Å². The minimum Gasteiger partial charge on any atom is -0.459 e. The highest BCUT2D eigenvalue weighted by Crippen LogP contribution is 2.18. The number of furan rings is 1. The van der Waals surface area contributed by atoms with Gasteiger partial charge in [0.2, 0.25) is 0 Å². The number of aromatic nitrogens is 2. The number of carbonyl (C=O) groups is 2. The number of carbonyl (C=O) groups excluding carboxylic acids is 2. The van der Waals surface area contributed by atoms with E-state index in [4.69, 9.17) is 13.6 Å². The Kier molecular flexibility index (Phi) is 6.18. The molecular formula is C23H19N3O5. The number of esters is 1. The van der Waals surface area contributed by atoms with Crippen LogP contribution in [0.25, 0.3) is 11.7 Å². The number of nitrogens with one attached hydrogen (secondary N) is 1. The molecule has 4 rings (SSSR count). The Hall–Kier alpha value is -4.20. The quantitative estimate of drug-likeness (QED) is 0.438. The highest BCUT2D eigenvalue weighted by molar-refractivity contribution is 5.96. The molecule has 0 radical (unpaired) electrons. The fraction of sp³-hybridized carbons (Fsp3) is 0.130. The maximum absolute atomic E-state index is 12.8. The average molecular weight is 417 g/mol. The molecule has 4 aromatic rings. The van der Waals surface area contributed by atoms with E-state index < -0.39 is 12.0 Å². The monoisotopic (exact) mass is 417 g/mol. The van der Waals surface area contributed by atoms with Crippen molar-refractivity contribution in [2.45, 2.75) is 19.1 Å². The molecule has 0 aliphatic carbocycles. The van der Waals surface area contributed by atoms with E-state index in [1.165, 1.54) is 6.26 Å². The van der Waals surface area contributed by atoms with Crippen molar-refractivity contribution in [3.63, 3.8) is 0 Å². The van der Waals surface area contributed by atoms with Crippen LogP contribution in [0.15, 0.2) is 87.9 Å². The molecule has 0 saturated carbocycles. The van der Waals surface area contributed by atoms with Crippen molar-refractivity contribution in [2.75, 3.05) is 0 Å². The standard InChI is InChI=1S/C23H19N3O5/c27-21(17-10-5-2-6-11-17)24-18(14-16-8-3-1-4-9-16)23(28)30-15-20-25-26-22(31-20)19-12-7-13-29-19/h1-13,18H,14-15H2,(H,24,27)/t18-/m0/s1. The SMILES string of the molecule is O=C(N[C@@H](Cc1ccccc1)C(=O)OCc1nnc(-c2ccco2)o1)c1ccccc1. The van der Waals surface area contributed by atoms with E-state index >= 15 is 0 Å². The summed E-state index contributed by atoms with van der Waals surface area (Å²) in [6.07, 6.45) is 1.77. The highest BCUT2D eigenvalue weighted by atomic mass is 16.5. The molecule has 2 heterocycles. The lowest BCUT2D eigenvalue weighted by atomic mass is 10.1. The van der Waals surface area contributed by atoms with Crippen LogP contribution < -0.4 is 5.32 Å². The van der Waals surface area contributed by atoms with Crippen LogP contribution in [0.5, 0.6) is 0 Å². The summed E-state index contributed by atoms with van der Waals surface area (Å²) in [7, 11) is 0. The van der Waals surface area contributed by atoms with Crippen molar-refractivity contribution in [1.82, 2.24) is 15.5 Å². The Labute approximate surface area is 177 Å². The Balaban J connectivity index is 1.43. The van der Waals surface area contributed by atoms with Crippen molar-refractivity contribution in [3.8, 4) is 11.7 Å². The molecule has 0 saturated heterocycles. The predicted octanol–water partition coefficient (Wildman–Crippen LogP) is 3.41. The number of ether oxygens (including phenoxy) is 1. The summed E-state index contributed by atoms with van der Waals surface area (Å²) in [5.74, 6) is -0.244. The minimum absolute atomic E-state index is 0.118. The number of benzene rings is 2. The Bertz CT molecular complexity index is 1120. The van der Waals surface area contributed by atoms with Crippen LogP contribution in [0.3, 0.4) is 0 Å². The van der Waals surface area contributed by atoms with Crippen LogP contribution in [-0.2, 0) is 22.6 Å². The first-order valence-electron chi connectivity index (χ1n) is 9.62. The largest absolute Gasteiger partial charge is 0.459 e. The van der Waals surface area contributed by atoms with Gasteiger partial charge in [-0.05, 0) is 29.8 Å². The second-order valence-corrected chi connectivity index (χ2v) is 6.67. The molecule has 0 aliphatic heterocycles. The molecule has 2 aromatic carbocycles. The summed E-state index contributed by atoms with van der Waals surface area (Å²) in [5.41, 5.74) is 1.34. The molecule has 156 valence electrons. The fourth-order valence-corrected chi connectivity index (χ4v) is 2.92. The minimum atomic E-state index is -0.887. The van der Waals surface area contributed by atoms with Crippen LogP contribution in [0.4, 0.5) is 0 Å². The van der Waals surface area contributed by atoms with Crippen molar-refractivity contribution >= 4 is 11.9 Å². The normalized spacial score (nSPS) is 11.6. The molecule has 0 aliphatic rings.